The highest BCUT2D eigenvalue weighted by atomic mass is 32.1. The lowest BCUT2D eigenvalue weighted by Gasteiger charge is -2.16. The summed E-state index contributed by atoms with van der Waals surface area (Å²) in [6.07, 6.45) is -4.60. The number of hydrogen-bond acceptors (Lipinski definition) is 4. The predicted octanol–water partition coefficient (Wildman–Crippen LogP) is 5.44. The molecule has 31 heavy (non-hydrogen) atoms. The van der Waals surface area contributed by atoms with Crippen LogP contribution >= 0.6 is 11.3 Å². The van der Waals surface area contributed by atoms with Crippen molar-refractivity contribution in [1.82, 2.24) is 0 Å². The molecule has 2 aromatic carbocycles. The van der Waals surface area contributed by atoms with Gasteiger partial charge in [-0.1, -0.05) is 12.1 Å². The van der Waals surface area contributed by atoms with E-state index in [2.05, 4.69) is 5.32 Å². The highest BCUT2D eigenvalue weighted by Gasteiger charge is 2.41. The standard InChI is InChI=1S/C21H11F5N2O2S/c22-14-7-6-13(10-15(14)23)28-19(29)17(16-5-2-8-31-16)18(20(28)30)27-12-4-1-3-11(9-12)21(24,25)26/h1-10,27H. The van der Waals surface area contributed by atoms with Gasteiger partial charge in [-0.15, -0.1) is 11.3 Å². The van der Waals surface area contributed by atoms with Crippen LogP contribution in [0.2, 0.25) is 0 Å². The fourth-order valence-electron chi connectivity index (χ4n) is 3.07. The van der Waals surface area contributed by atoms with Gasteiger partial charge in [-0.3, -0.25) is 9.59 Å². The summed E-state index contributed by atoms with van der Waals surface area (Å²) in [7, 11) is 0. The number of nitrogens with zero attached hydrogens (tertiary/aromatic N) is 1. The van der Waals surface area contributed by atoms with Crippen LogP contribution in [0, 0.1) is 11.6 Å². The number of imide groups is 1. The molecule has 2 amide bonds. The smallest absolute Gasteiger partial charge is 0.350 e. The van der Waals surface area contributed by atoms with E-state index in [1.165, 1.54) is 6.07 Å². The molecule has 0 saturated heterocycles. The number of halogens is 5. The molecular weight excluding hydrogens is 439 g/mol. The maximum Gasteiger partial charge on any atom is 0.416 e. The summed E-state index contributed by atoms with van der Waals surface area (Å²) in [5, 5.41) is 4.26. The van der Waals surface area contributed by atoms with E-state index in [-0.39, 0.29) is 22.6 Å². The Balaban J connectivity index is 1.79. The predicted molar refractivity (Wildman–Crippen MR) is 105 cm³/mol. The molecule has 0 aliphatic carbocycles. The highest BCUT2D eigenvalue weighted by molar-refractivity contribution is 7.11. The summed E-state index contributed by atoms with van der Waals surface area (Å²) in [6.45, 7) is 0. The Kier molecular flexibility index (Phi) is 5.10. The largest absolute Gasteiger partial charge is 0.416 e. The van der Waals surface area contributed by atoms with Crippen LogP contribution in [-0.4, -0.2) is 11.8 Å². The van der Waals surface area contributed by atoms with Crippen molar-refractivity contribution >= 4 is 40.1 Å². The Labute approximate surface area is 176 Å². The van der Waals surface area contributed by atoms with Gasteiger partial charge < -0.3 is 5.32 Å². The number of hydrogen-bond donors (Lipinski definition) is 1. The zero-order valence-electron chi connectivity index (χ0n) is 15.3. The van der Waals surface area contributed by atoms with Crippen LogP contribution in [-0.2, 0) is 15.8 Å². The Morgan fingerprint density at radius 1 is 0.871 bits per heavy atom. The lowest BCUT2D eigenvalue weighted by atomic mass is 10.1. The number of carbonyl (C=O) groups is 2. The van der Waals surface area contributed by atoms with E-state index in [0.29, 0.717) is 15.8 Å². The van der Waals surface area contributed by atoms with Crippen molar-refractivity contribution in [2.24, 2.45) is 0 Å². The minimum Gasteiger partial charge on any atom is -0.350 e. The first-order valence-electron chi connectivity index (χ1n) is 8.73. The van der Waals surface area contributed by atoms with E-state index in [1.54, 1.807) is 17.5 Å². The zero-order chi connectivity index (χ0) is 22.3. The lowest BCUT2D eigenvalue weighted by molar-refractivity contribution is -0.137. The molecule has 4 nitrogen and oxygen atoms in total. The lowest BCUT2D eigenvalue weighted by Crippen LogP contribution is -2.32. The Morgan fingerprint density at radius 2 is 1.65 bits per heavy atom. The summed E-state index contributed by atoms with van der Waals surface area (Å²) in [4.78, 5) is 27.1. The molecule has 1 aromatic heterocycles. The molecule has 10 heteroatoms. The van der Waals surface area contributed by atoms with Crippen LogP contribution in [0.25, 0.3) is 5.57 Å². The second-order valence-corrected chi connectivity index (χ2v) is 7.42. The summed E-state index contributed by atoms with van der Waals surface area (Å²) >= 11 is 1.14. The van der Waals surface area contributed by atoms with Crippen molar-refractivity contribution in [3.63, 3.8) is 0 Å². The molecule has 2 heterocycles. The molecule has 1 N–H and O–H groups in total. The Morgan fingerprint density at radius 3 is 2.29 bits per heavy atom. The topological polar surface area (TPSA) is 49.4 Å². The number of anilines is 2. The molecule has 0 fully saturated rings. The minimum atomic E-state index is -4.60. The van der Waals surface area contributed by atoms with Gasteiger partial charge in [0.05, 0.1) is 16.8 Å². The van der Waals surface area contributed by atoms with Crippen LogP contribution < -0.4 is 10.2 Å². The summed E-state index contributed by atoms with van der Waals surface area (Å²) in [5.41, 5.74) is -1.56. The average molecular weight is 450 g/mol. The van der Waals surface area contributed by atoms with E-state index in [1.807, 2.05) is 0 Å². The molecule has 158 valence electrons. The molecule has 0 bridgehead atoms. The maximum atomic E-state index is 13.7. The third-order valence-electron chi connectivity index (χ3n) is 4.47. The van der Waals surface area contributed by atoms with Crippen molar-refractivity contribution in [1.29, 1.82) is 0 Å². The fourth-order valence-corrected chi connectivity index (χ4v) is 3.84. The molecule has 0 unspecified atom stereocenters. The average Bonchev–Trinajstić information content (AvgIpc) is 3.31. The third kappa shape index (κ3) is 3.81. The van der Waals surface area contributed by atoms with Gasteiger partial charge in [-0.2, -0.15) is 13.2 Å². The van der Waals surface area contributed by atoms with Gasteiger partial charge in [-0.25, -0.2) is 13.7 Å². The number of alkyl halides is 3. The second kappa shape index (κ2) is 7.62. The van der Waals surface area contributed by atoms with Gasteiger partial charge in [0.25, 0.3) is 11.8 Å². The molecular formula is C21H11F5N2O2S. The SMILES string of the molecule is O=C1C(Nc2cccc(C(F)(F)F)c2)=C(c2cccs2)C(=O)N1c1ccc(F)c(F)c1. The third-order valence-corrected chi connectivity index (χ3v) is 5.36. The molecule has 0 atom stereocenters. The molecule has 0 saturated carbocycles. The molecule has 3 aromatic rings. The summed E-state index contributed by atoms with van der Waals surface area (Å²) in [6, 6.07) is 9.87. The van der Waals surface area contributed by atoms with E-state index in [9.17, 15) is 31.5 Å². The number of benzene rings is 2. The van der Waals surface area contributed by atoms with Gasteiger partial charge in [-0.05, 0) is 41.8 Å². The van der Waals surface area contributed by atoms with Crippen molar-refractivity contribution < 1.29 is 31.5 Å². The van der Waals surface area contributed by atoms with Gasteiger partial charge in [0.15, 0.2) is 11.6 Å². The zero-order valence-corrected chi connectivity index (χ0v) is 16.2. The quantitative estimate of drug-likeness (QED) is 0.425. The van der Waals surface area contributed by atoms with Gasteiger partial charge in [0.1, 0.15) is 5.70 Å². The number of carbonyl (C=O) groups excluding carboxylic acids is 2. The summed E-state index contributed by atoms with van der Waals surface area (Å²) in [5.74, 6) is -4.13. The molecule has 0 spiro atoms. The van der Waals surface area contributed by atoms with Crippen molar-refractivity contribution in [2.75, 3.05) is 10.2 Å². The minimum absolute atomic E-state index is 0.0628. The van der Waals surface area contributed by atoms with Crippen LogP contribution in [0.15, 0.2) is 65.7 Å². The normalized spacial score (nSPS) is 14.5. The monoisotopic (exact) mass is 450 g/mol. The fraction of sp³-hybridized carbons (Fsp3) is 0.0476. The first-order chi connectivity index (χ1) is 14.7. The van der Waals surface area contributed by atoms with Gasteiger partial charge >= 0.3 is 6.18 Å². The van der Waals surface area contributed by atoms with Gasteiger partial charge in [0, 0.05) is 16.6 Å². The first-order valence-corrected chi connectivity index (χ1v) is 9.61. The highest BCUT2D eigenvalue weighted by Crippen LogP contribution is 2.37. The van der Waals surface area contributed by atoms with E-state index >= 15 is 0 Å². The number of rotatable bonds is 4. The van der Waals surface area contributed by atoms with Crippen molar-refractivity contribution in [3.05, 3.63) is 87.7 Å². The molecule has 0 radical (unpaired) electrons. The van der Waals surface area contributed by atoms with E-state index in [0.717, 1.165) is 41.7 Å². The number of amides is 2. The Hall–Kier alpha value is -3.53. The number of nitrogens with one attached hydrogen (secondary N) is 1. The molecule has 1 aliphatic heterocycles. The van der Waals surface area contributed by atoms with Crippen molar-refractivity contribution in [2.45, 2.75) is 6.18 Å². The van der Waals surface area contributed by atoms with Crippen molar-refractivity contribution in [3.8, 4) is 0 Å². The van der Waals surface area contributed by atoms with Crippen LogP contribution in [0.4, 0.5) is 33.3 Å². The molecule has 1 aliphatic rings. The first kappa shape index (κ1) is 20.7. The van der Waals surface area contributed by atoms with E-state index in [4.69, 9.17) is 0 Å². The summed E-state index contributed by atoms with van der Waals surface area (Å²) < 4.78 is 66.1. The van der Waals surface area contributed by atoms with E-state index < -0.39 is 35.2 Å². The second-order valence-electron chi connectivity index (χ2n) is 6.47. The number of thiophene rings is 1. The van der Waals surface area contributed by atoms with Crippen LogP contribution in [0.3, 0.4) is 0 Å². The van der Waals surface area contributed by atoms with Crippen LogP contribution in [0.5, 0.6) is 0 Å². The maximum absolute atomic E-state index is 13.7. The Bertz CT molecular complexity index is 1220. The van der Waals surface area contributed by atoms with Crippen LogP contribution in [0.1, 0.15) is 10.4 Å². The van der Waals surface area contributed by atoms with Gasteiger partial charge in [0.2, 0.25) is 0 Å². The molecule has 4 rings (SSSR count).